The van der Waals surface area contributed by atoms with Crippen LogP contribution in [0.2, 0.25) is 0 Å². The third-order valence-electron chi connectivity index (χ3n) is 2.50. The summed E-state index contributed by atoms with van der Waals surface area (Å²) in [6.07, 6.45) is 0. The van der Waals surface area contributed by atoms with Gasteiger partial charge >= 0.3 is 11.9 Å². The van der Waals surface area contributed by atoms with E-state index in [2.05, 4.69) is 0 Å². The fourth-order valence-corrected chi connectivity index (χ4v) is 1.27. The van der Waals surface area contributed by atoms with Crippen molar-refractivity contribution in [2.75, 3.05) is 7.11 Å². The molecule has 16 heavy (non-hydrogen) atoms. The average molecular weight is 224 g/mol. The predicted octanol–water partition coefficient (Wildman–Crippen LogP) is 1.12. The summed E-state index contributed by atoms with van der Waals surface area (Å²) in [6.45, 7) is 1.15. The number of ether oxygens (including phenoxy) is 1. The van der Waals surface area contributed by atoms with Crippen molar-refractivity contribution in [1.29, 1.82) is 0 Å². The van der Waals surface area contributed by atoms with E-state index in [1.807, 2.05) is 0 Å². The molecule has 0 heterocycles. The van der Waals surface area contributed by atoms with Crippen molar-refractivity contribution in [2.45, 2.75) is 12.3 Å². The topological polar surface area (TPSA) is 83.8 Å². The zero-order chi connectivity index (χ0) is 12.3. The Morgan fingerprint density at radius 2 is 1.81 bits per heavy atom. The quantitative estimate of drug-likeness (QED) is 0.749. The maximum absolute atomic E-state index is 11.0. The molecule has 0 saturated carbocycles. The van der Waals surface area contributed by atoms with Crippen molar-refractivity contribution >= 4 is 11.9 Å². The number of methoxy groups -OCH3 is 1. The highest BCUT2D eigenvalue weighted by molar-refractivity contribution is 6.04. The molecule has 0 unspecified atom stereocenters. The van der Waals surface area contributed by atoms with E-state index in [0.29, 0.717) is 5.75 Å². The molecule has 2 N–H and O–H groups in total. The second-order valence-corrected chi connectivity index (χ2v) is 3.47. The number of carboxylic acids is 2. The molecule has 0 saturated heterocycles. The number of aliphatic carboxylic acids is 2. The van der Waals surface area contributed by atoms with Gasteiger partial charge in [0.1, 0.15) is 5.75 Å². The van der Waals surface area contributed by atoms with Gasteiger partial charge in [0, 0.05) is 0 Å². The Balaban J connectivity index is 3.32. The Morgan fingerprint density at radius 1 is 1.25 bits per heavy atom. The molecular weight excluding hydrogens is 212 g/mol. The number of carbonyl (C=O) groups is 2. The van der Waals surface area contributed by atoms with Crippen LogP contribution >= 0.6 is 0 Å². The van der Waals surface area contributed by atoms with Crippen LogP contribution in [-0.4, -0.2) is 29.3 Å². The summed E-state index contributed by atoms with van der Waals surface area (Å²) in [5.41, 5.74) is -1.79. The normalized spacial score (nSPS) is 10.9. The van der Waals surface area contributed by atoms with Crippen LogP contribution in [0.1, 0.15) is 12.5 Å². The number of hydrogen-bond donors (Lipinski definition) is 2. The lowest BCUT2D eigenvalue weighted by Gasteiger charge is -2.20. The summed E-state index contributed by atoms with van der Waals surface area (Å²) in [5.74, 6) is -2.40. The second kappa shape index (κ2) is 4.22. The number of rotatable bonds is 4. The van der Waals surface area contributed by atoms with Crippen molar-refractivity contribution in [1.82, 2.24) is 0 Å². The largest absolute Gasteiger partial charge is 0.497 e. The van der Waals surface area contributed by atoms with Gasteiger partial charge in [-0.2, -0.15) is 0 Å². The van der Waals surface area contributed by atoms with Gasteiger partial charge in [-0.25, -0.2) is 0 Å². The van der Waals surface area contributed by atoms with E-state index in [0.717, 1.165) is 6.92 Å². The highest BCUT2D eigenvalue weighted by Gasteiger charge is 2.43. The minimum absolute atomic E-state index is 0.173. The molecule has 0 aromatic heterocycles. The van der Waals surface area contributed by atoms with Crippen LogP contribution in [0.5, 0.6) is 5.75 Å². The lowest BCUT2D eigenvalue weighted by Crippen LogP contribution is -2.40. The van der Waals surface area contributed by atoms with Crippen molar-refractivity contribution in [3.63, 3.8) is 0 Å². The first-order valence-corrected chi connectivity index (χ1v) is 4.54. The molecule has 5 nitrogen and oxygen atoms in total. The third kappa shape index (κ3) is 1.84. The van der Waals surface area contributed by atoms with E-state index in [-0.39, 0.29) is 5.56 Å². The van der Waals surface area contributed by atoms with Gasteiger partial charge < -0.3 is 14.9 Å². The van der Waals surface area contributed by atoms with Gasteiger partial charge in [-0.1, -0.05) is 12.1 Å². The Morgan fingerprint density at radius 3 is 2.25 bits per heavy atom. The molecule has 0 atom stereocenters. The molecule has 0 aliphatic heterocycles. The van der Waals surface area contributed by atoms with Gasteiger partial charge in [-0.3, -0.25) is 9.59 Å². The Labute approximate surface area is 92.3 Å². The standard InChI is InChI=1S/C11H12O5/c1-11(9(12)13,10(14)15)7-4-3-5-8(6-7)16-2/h3-6H,1-2H3,(H,12,13)(H,14,15). The Hall–Kier alpha value is -2.04. The molecule has 1 aromatic rings. The zero-order valence-electron chi connectivity index (χ0n) is 8.93. The minimum Gasteiger partial charge on any atom is -0.497 e. The summed E-state index contributed by atoms with van der Waals surface area (Å²) in [6, 6.07) is 6.03. The maximum Gasteiger partial charge on any atom is 0.325 e. The highest BCUT2D eigenvalue weighted by atomic mass is 16.5. The molecule has 0 spiro atoms. The molecule has 0 radical (unpaired) electrons. The molecule has 1 rings (SSSR count). The summed E-state index contributed by atoms with van der Waals surface area (Å²) in [7, 11) is 1.43. The van der Waals surface area contributed by atoms with Crippen LogP contribution in [0.25, 0.3) is 0 Å². The Kier molecular flexibility index (Phi) is 3.17. The first-order chi connectivity index (χ1) is 7.42. The van der Waals surface area contributed by atoms with Crippen LogP contribution in [0.15, 0.2) is 24.3 Å². The Bertz CT molecular complexity index is 410. The molecule has 0 fully saturated rings. The van der Waals surface area contributed by atoms with E-state index in [1.165, 1.54) is 19.2 Å². The van der Waals surface area contributed by atoms with Crippen molar-refractivity contribution < 1.29 is 24.5 Å². The number of carboxylic acid groups (broad SMARTS) is 2. The molecule has 0 aliphatic rings. The molecular formula is C11H12O5. The van der Waals surface area contributed by atoms with Crippen LogP contribution in [-0.2, 0) is 15.0 Å². The van der Waals surface area contributed by atoms with Crippen molar-refractivity contribution in [2.24, 2.45) is 0 Å². The lowest BCUT2D eigenvalue weighted by atomic mass is 9.82. The molecule has 0 bridgehead atoms. The van der Waals surface area contributed by atoms with E-state index >= 15 is 0 Å². The summed E-state index contributed by atoms with van der Waals surface area (Å²) >= 11 is 0. The number of benzene rings is 1. The van der Waals surface area contributed by atoms with E-state index < -0.39 is 17.4 Å². The van der Waals surface area contributed by atoms with Gasteiger partial charge in [0.25, 0.3) is 0 Å². The van der Waals surface area contributed by atoms with Gasteiger partial charge in [-0.15, -0.1) is 0 Å². The summed E-state index contributed by atoms with van der Waals surface area (Å²) in [4.78, 5) is 22.1. The maximum atomic E-state index is 11.0. The zero-order valence-corrected chi connectivity index (χ0v) is 8.93. The fraction of sp³-hybridized carbons (Fsp3) is 0.273. The number of hydrogen-bond acceptors (Lipinski definition) is 3. The average Bonchev–Trinajstić information content (AvgIpc) is 2.27. The summed E-state index contributed by atoms with van der Waals surface area (Å²) in [5, 5.41) is 18.0. The first kappa shape index (κ1) is 12.0. The highest BCUT2D eigenvalue weighted by Crippen LogP contribution is 2.27. The van der Waals surface area contributed by atoms with Crippen LogP contribution in [0.4, 0.5) is 0 Å². The minimum atomic E-state index is -1.96. The van der Waals surface area contributed by atoms with Crippen molar-refractivity contribution in [3.8, 4) is 5.75 Å². The SMILES string of the molecule is COc1cccc(C(C)(C(=O)O)C(=O)O)c1. The predicted molar refractivity (Wildman–Crippen MR) is 55.6 cm³/mol. The van der Waals surface area contributed by atoms with Crippen LogP contribution in [0, 0.1) is 0 Å². The molecule has 86 valence electrons. The van der Waals surface area contributed by atoms with Gasteiger partial charge in [-0.05, 0) is 24.6 Å². The molecule has 5 heteroatoms. The van der Waals surface area contributed by atoms with E-state index in [1.54, 1.807) is 12.1 Å². The smallest absolute Gasteiger partial charge is 0.325 e. The molecule has 0 amide bonds. The van der Waals surface area contributed by atoms with E-state index in [9.17, 15) is 9.59 Å². The van der Waals surface area contributed by atoms with Gasteiger partial charge in [0.15, 0.2) is 5.41 Å². The van der Waals surface area contributed by atoms with Crippen molar-refractivity contribution in [3.05, 3.63) is 29.8 Å². The fourth-order valence-electron chi connectivity index (χ4n) is 1.27. The van der Waals surface area contributed by atoms with Crippen LogP contribution < -0.4 is 4.74 Å². The van der Waals surface area contributed by atoms with Crippen LogP contribution in [0.3, 0.4) is 0 Å². The molecule has 0 aliphatic carbocycles. The monoisotopic (exact) mass is 224 g/mol. The lowest BCUT2D eigenvalue weighted by molar-refractivity contribution is -0.156. The second-order valence-electron chi connectivity index (χ2n) is 3.47. The van der Waals surface area contributed by atoms with Gasteiger partial charge in [0.2, 0.25) is 0 Å². The van der Waals surface area contributed by atoms with Gasteiger partial charge in [0.05, 0.1) is 7.11 Å². The van der Waals surface area contributed by atoms with E-state index in [4.69, 9.17) is 14.9 Å². The first-order valence-electron chi connectivity index (χ1n) is 4.54. The summed E-state index contributed by atoms with van der Waals surface area (Å²) < 4.78 is 4.92. The molecule has 1 aromatic carbocycles. The third-order valence-corrected chi connectivity index (χ3v) is 2.50.